The van der Waals surface area contributed by atoms with E-state index < -0.39 is 0 Å². The second-order valence-corrected chi connectivity index (χ2v) is 6.52. The molecule has 1 fully saturated rings. The maximum Gasteiger partial charge on any atom is 0.0659 e. The smallest absolute Gasteiger partial charge is 0.0659 e. The fourth-order valence-corrected chi connectivity index (χ4v) is 3.26. The standard InChI is InChI=1S/C18H26N4/c1-20(2)18-8-4-10-21(15-18)13-16-6-3-7-17(12-16)14-22-11-5-9-19-22/h3,5-7,9,11-12,18H,4,8,10,13-15H2,1-2H3/t18-/m0/s1. The minimum Gasteiger partial charge on any atom is -0.305 e. The Kier molecular flexibility index (Phi) is 4.90. The molecule has 0 radical (unpaired) electrons. The summed E-state index contributed by atoms with van der Waals surface area (Å²) in [5.41, 5.74) is 2.73. The van der Waals surface area contributed by atoms with Crippen molar-refractivity contribution >= 4 is 0 Å². The number of rotatable bonds is 5. The van der Waals surface area contributed by atoms with E-state index in [0.717, 1.165) is 13.1 Å². The van der Waals surface area contributed by atoms with E-state index in [1.165, 1.54) is 37.1 Å². The second kappa shape index (κ2) is 7.07. The molecule has 4 heteroatoms. The second-order valence-electron chi connectivity index (χ2n) is 6.52. The van der Waals surface area contributed by atoms with Crippen LogP contribution in [-0.2, 0) is 13.1 Å². The Labute approximate surface area is 133 Å². The van der Waals surface area contributed by atoms with Crippen LogP contribution in [0.25, 0.3) is 0 Å². The lowest BCUT2D eigenvalue weighted by atomic mass is 10.0. The normalized spacial score (nSPS) is 19.7. The molecule has 1 aliphatic heterocycles. The summed E-state index contributed by atoms with van der Waals surface area (Å²) in [6.07, 6.45) is 6.47. The molecule has 0 spiro atoms. The number of benzene rings is 1. The van der Waals surface area contributed by atoms with Crippen LogP contribution in [0.3, 0.4) is 0 Å². The third-order valence-corrected chi connectivity index (χ3v) is 4.51. The van der Waals surface area contributed by atoms with Crippen LogP contribution in [0.1, 0.15) is 24.0 Å². The van der Waals surface area contributed by atoms with Gasteiger partial charge in [-0.25, -0.2) is 0 Å². The molecular formula is C18H26N4. The first-order valence-electron chi connectivity index (χ1n) is 8.15. The fourth-order valence-electron chi connectivity index (χ4n) is 3.26. The topological polar surface area (TPSA) is 24.3 Å². The van der Waals surface area contributed by atoms with Crippen LogP contribution in [0.4, 0.5) is 0 Å². The molecule has 3 rings (SSSR count). The highest BCUT2D eigenvalue weighted by Gasteiger charge is 2.21. The van der Waals surface area contributed by atoms with Crippen molar-refractivity contribution in [3.63, 3.8) is 0 Å². The number of nitrogens with zero attached hydrogens (tertiary/aromatic N) is 4. The van der Waals surface area contributed by atoms with Crippen molar-refractivity contribution in [1.82, 2.24) is 19.6 Å². The number of hydrogen-bond donors (Lipinski definition) is 0. The molecule has 22 heavy (non-hydrogen) atoms. The summed E-state index contributed by atoms with van der Waals surface area (Å²) < 4.78 is 1.97. The summed E-state index contributed by atoms with van der Waals surface area (Å²) in [5, 5.41) is 4.29. The highest BCUT2D eigenvalue weighted by Crippen LogP contribution is 2.17. The van der Waals surface area contributed by atoms with Crippen molar-refractivity contribution in [2.45, 2.75) is 32.0 Å². The van der Waals surface area contributed by atoms with E-state index in [-0.39, 0.29) is 0 Å². The first-order chi connectivity index (χ1) is 10.7. The molecule has 2 aromatic rings. The van der Waals surface area contributed by atoms with Gasteiger partial charge in [-0.15, -0.1) is 0 Å². The molecule has 1 aromatic heterocycles. The van der Waals surface area contributed by atoms with Gasteiger partial charge in [0.15, 0.2) is 0 Å². The summed E-state index contributed by atoms with van der Waals surface area (Å²) in [4.78, 5) is 4.95. The van der Waals surface area contributed by atoms with Gasteiger partial charge in [0.25, 0.3) is 0 Å². The van der Waals surface area contributed by atoms with Crippen molar-refractivity contribution in [2.75, 3.05) is 27.2 Å². The highest BCUT2D eigenvalue weighted by molar-refractivity contribution is 5.23. The highest BCUT2D eigenvalue weighted by atomic mass is 15.3. The Bertz CT molecular complexity index is 577. The average Bonchev–Trinajstić information content (AvgIpc) is 3.01. The zero-order valence-corrected chi connectivity index (χ0v) is 13.7. The van der Waals surface area contributed by atoms with Crippen molar-refractivity contribution < 1.29 is 0 Å². The Morgan fingerprint density at radius 2 is 2.00 bits per heavy atom. The van der Waals surface area contributed by atoms with Crippen LogP contribution in [0.15, 0.2) is 42.7 Å². The van der Waals surface area contributed by atoms with Crippen molar-refractivity contribution in [3.05, 3.63) is 53.9 Å². The van der Waals surface area contributed by atoms with Crippen LogP contribution in [0, 0.1) is 0 Å². The summed E-state index contributed by atoms with van der Waals surface area (Å²) in [7, 11) is 4.39. The number of piperidine rings is 1. The number of likely N-dealkylation sites (tertiary alicyclic amines) is 1. The maximum absolute atomic E-state index is 4.29. The van der Waals surface area contributed by atoms with Gasteiger partial charge in [-0.05, 0) is 50.7 Å². The van der Waals surface area contributed by atoms with E-state index in [9.17, 15) is 0 Å². The molecule has 0 bridgehead atoms. The van der Waals surface area contributed by atoms with E-state index in [4.69, 9.17) is 0 Å². The minimum absolute atomic E-state index is 0.695. The summed E-state index contributed by atoms with van der Waals surface area (Å²) in [6, 6.07) is 11.6. The van der Waals surface area contributed by atoms with Crippen LogP contribution in [0.5, 0.6) is 0 Å². The van der Waals surface area contributed by atoms with E-state index in [0.29, 0.717) is 6.04 Å². The summed E-state index contributed by atoms with van der Waals surface area (Å²) >= 11 is 0. The van der Waals surface area contributed by atoms with Gasteiger partial charge in [-0.1, -0.05) is 24.3 Å². The lowest BCUT2D eigenvalue weighted by molar-refractivity contribution is 0.128. The molecule has 1 aromatic carbocycles. The Morgan fingerprint density at radius 3 is 2.73 bits per heavy atom. The molecular weight excluding hydrogens is 272 g/mol. The molecule has 0 amide bonds. The fraction of sp³-hybridized carbons (Fsp3) is 0.500. The molecule has 0 aliphatic carbocycles. The van der Waals surface area contributed by atoms with E-state index >= 15 is 0 Å². The summed E-state index contributed by atoms with van der Waals surface area (Å²) in [5.74, 6) is 0. The average molecular weight is 298 g/mol. The van der Waals surface area contributed by atoms with Gasteiger partial charge in [0, 0.05) is 31.5 Å². The van der Waals surface area contributed by atoms with Gasteiger partial charge >= 0.3 is 0 Å². The zero-order chi connectivity index (χ0) is 15.4. The van der Waals surface area contributed by atoms with Crippen LogP contribution in [-0.4, -0.2) is 52.8 Å². The van der Waals surface area contributed by atoms with Crippen molar-refractivity contribution in [2.24, 2.45) is 0 Å². The molecule has 118 valence electrons. The Morgan fingerprint density at radius 1 is 1.18 bits per heavy atom. The van der Waals surface area contributed by atoms with Crippen LogP contribution in [0.2, 0.25) is 0 Å². The largest absolute Gasteiger partial charge is 0.305 e. The maximum atomic E-state index is 4.29. The molecule has 0 saturated carbocycles. The number of hydrogen-bond acceptors (Lipinski definition) is 3. The molecule has 1 atom stereocenters. The van der Waals surface area contributed by atoms with Crippen LogP contribution < -0.4 is 0 Å². The predicted molar refractivity (Wildman–Crippen MR) is 89.8 cm³/mol. The van der Waals surface area contributed by atoms with Gasteiger partial charge in [-0.3, -0.25) is 9.58 Å². The molecule has 0 N–H and O–H groups in total. The van der Waals surface area contributed by atoms with Crippen molar-refractivity contribution in [3.8, 4) is 0 Å². The van der Waals surface area contributed by atoms with Gasteiger partial charge < -0.3 is 4.90 Å². The van der Waals surface area contributed by atoms with Gasteiger partial charge in [0.1, 0.15) is 0 Å². The first kappa shape index (κ1) is 15.3. The summed E-state index contributed by atoms with van der Waals surface area (Å²) in [6.45, 7) is 4.29. The third-order valence-electron chi connectivity index (χ3n) is 4.51. The van der Waals surface area contributed by atoms with E-state index in [1.807, 2.05) is 23.1 Å². The quantitative estimate of drug-likeness (QED) is 0.847. The first-order valence-corrected chi connectivity index (χ1v) is 8.15. The minimum atomic E-state index is 0.695. The third kappa shape index (κ3) is 3.96. The van der Waals surface area contributed by atoms with Gasteiger partial charge in [0.05, 0.1) is 6.54 Å². The van der Waals surface area contributed by atoms with E-state index in [2.05, 4.69) is 53.3 Å². The molecule has 0 unspecified atom stereocenters. The number of likely N-dealkylation sites (N-methyl/N-ethyl adjacent to an activating group) is 1. The molecule has 1 aliphatic rings. The Hall–Kier alpha value is -1.65. The number of aromatic nitrogens is 2. The zero-order valence-electron chi connectivity index (χ0n) is 13.7. The van der Waals surface area contributed by atoms with Gasteiger partial charge in [0.2, 0.25) is 0 Å². The predicted octanol–water partition coefficient (Wildman–Crippen LogP) is 2.46. The SMILES string of the molecule is CN(C)[C@H]1CCCN(Cc2cccc(Cn3cccn3)c2)C1. The van der Waals surface area contributed by atoms with Crippen LogP contribution >= 0.6 is 0 Å². The monoisotopic (exact) mass is 298 g/mol. The molecule has 4 nitrogen and oxygen atoms in total. The Balaban J connectivity index is 1.62. The molecule has 1 saturated heterocycles. The molecule has 2 heterocycles. The van der Waals surface area contributed by atoms with Gasteiger partial charge in [-0.2, -0.15) is 5.10 Å². The lowest BCUT2D eigenvalue weighted by Gasteiger charge is -2.36. The lowest BCUT2D eigenvalue weighted by Crippen LogP contribution is -2.44. The van der Waals surface area contributed by atoms with E-state index in [1.54, 1.807) is 0 Å². The van der Waals surface area contributed by atoms with Crippen molar-refractivity contribution in [1.29, 1.82) is 0 Å².